The van der Waals surface area contributed by atoms with Crippen LogP contribution in [0.1, 0.15) is 18.9 Å². The van der Waals surface area contributed by atoms with E-state index in [0.717, 1.165) is 6.07 Å². The van der Waals surface area contributed by atoms with Crippen LogP contribution in [-0.2, 0) is 14.8 Å². The van der Waals surface area contributed by atoms with Crippen LogP contribution in [0.3, 0.4) is 0 Å². The van der Waals surface area contributed by atoms with Gasteiger partial charge in [-0.3, -0.25) is 0 Å². The molecule has 0 aliphatic carbocycles. The number of hydrogen-bond donors (Lipinski definition) is 2. The summed E-state index contributed by atoms with van der Waals surface area (Å²) in [6.07, 6.45) is 0.497. The lowest BCUT2D eigenvalue weighted by Crippen LogP contribution is -2.33. The number of halogens is 1. The van der Waals surface area contributed by atoms with Crippen LogP contribution in [0.5, 0.6) is 0 Å². The lowest BCUT2D eigenvalue weighted by molar-refractivity contribution is 0.188. The van der Waals surface area contributed by atoms with Crippen LogP contribution in [0.25, 0.3) is 0 Å². The molecule has 5 nitrogen and oxygen atoms in total. The van der Waals surface area contributed by atoms with Crippen molar-refractivity contribution in [2.24, 2.45) is 5.73 Å². The lowest BCUT2D eigenvalue weighted by atomic mass is 10.2. The van der Waals surface area contributed by atoms with Gasteiger partial charge < -0.3 is 10.5 Å². The van der Waals surface area contributed by atoms with E-state index >= 15 is 0 Å². The molecule has 0 fully saturated rings. The largest absolute Gasteiger partial charge is 0.385 e. The van der Waals surface area contributed by atoms with E-state index in [2.05, 4.69) is 16.6 Å². The average molecular weight is 314 g/mol. The molecular formula is C14H19FN2O3S. The number of nitrogens with two attached hydrogens (primary N) is 1. The molecule has 0 aliphatic heterocycles. The summed E-state index contributed by atoms with van der Waals surface area (Å²) in [7, 11) is -2.38. The quantitative estimate of drug-likeness (QED) is 0.762. The lowest BCUT2D eigenvalue weighted by Gasteiger charge is -2.14. The highest BCUT2D eigenvalue weighted by Crippen LogP contribution is 2.16. The molecule has 0 bridgehead atoms. The Morgan fingerprint density at radius 3 is 2.76 bits per heavy atom. The molecule has 7 heteroatoms. The minimum Gasteiger partial charge on any atom is -0.385 e. The topological polar surface area (TPSA) is 81.4 Å². The molecule has 0 radical (unpaired) electrons. The summed E-state index contributed by atoms with van der Waals surface area (Å²) in [5.74, 6) is 4.38. The van der Waals surface area contributed by atoms with Crippen molar-refractivity contribution in [2.75, 3.05) is 20.3 Å². The molecule has 3 N–H and O–H groups in total. The third kappa shape index (κ3) is 5.44. The number of benzene rings is 1. The Bertz CT molecular complexity index is 635. The van der Waals surface area contributed by atoms with Crippen LogP contribution in [-0.4, -0.2) is 34.7 Å². The van der Waals surface area contributed by atoms with Crippen LogP contribution in [0.2, 0.25) is 0 Å². The Morgan fingerprint density at radius 1 is 1.48 bits per heavy atom. The van der Waals surface area contributed by atoms with Crippen molar-refractivity contribution in [3.63, 3.8) is 0 Å². The Labute approximate surface area is 124 Å². The third-order valence-electron chi connectivity index (χ3n) is 2.67. The van der Waals surface area contributed by atoms with Gasteiger partial charge in [0.15, 0.2) is 0 Å². The molecule has 116 valence electrons. The van der Waals surface area contributed by atoms with E-state index in [1.54, 1.807) is 6.92 Å². The van der Waals surface area contributed by atoms with E-state index in [0.29, 0.717) is 18.6 Å². The van der Waals surface area contributed by atoms with Gasteiger partial charge in [-0.05, 0) is 31.5 Å². The van der Waals surface area contributed by atoms with Gasteiger partial charge in [0.1, 0.15) is 10.7 Å². The van der Waals surface area contributed by atoms with Crippen molar-refractivity contribution in [3.05, 3.63) is 29.6 Å². The summed E-state index contributed by atoms with van der Waals surface area (Å²) in [5.41, 5.74) is 5.60. The summed E-state index contributed by atoms with van der Waals surface area (Å²) in [6, 6.07) is 3.37. The van der Waals surface area contributed by atoms with Crippen molar-refractivity contribution in [3.8, 4) is 11.8 Å². The summed E-state index contributed by atoms with van der Waals surface area (Å²) in [6.45, 7) is 2.26. The van der Waals surface area contributed by atoms with Crippen LogP contribution in [0.4, 0.5) is 4.39 Å². The fraction of sp³-hybridized carbons (Fsp3) is 0.429. The normalized spacial score (nSPS) is 12.6. The first-order chi connectivity index (χ1) is 9.90. The van der Waals surface area contributed by atoms with Crippen LogP contribution in [0.15, 0.2) is 23.1 Å². The van der Waals surface area contributed by atoms with E-state index in [-0.39, 0.29) is 12.6 Å². The molecule has 1 aromatic carbocycles. The number of rotatable bonds is 6. The predicted molar refractivity (Wildman–Crippen MR) is 78.6 cm³/mol. The number of nitrogens with one attached hydrogen (secondary N) is 1. The Balaban J connectivity index is 2.93. The van der Waals surface area contributed by atoms with Crippen molar-refractivity contribution in [1.82, 2.24) is 4.72 Å². The SMILES string of the molecule is COCCC(C)NS(=O)(=O)c1ccc(C#CCN)cc1F. The average Bonchev–Trinajstić information content (AvgIpc) is 2.42. The Kier molecular flexibility index (Phi) is 6.78. The minimum absolute atomic E-state index is 0.153. The standard InChI is InChI=1S/C14H19FN2O3S/c1-11(7-9-20-2)17-21(18,19)14-6-5-12(4-3-8-16)10-13(14)15/h5-6,10-11,17H,7-9,16H2,1-2H3. The molecule has 0 aromatic heterocycles. The van der Waals surface area contributed by atoms with E-state index in [1.165, 1.54) is 19.2 Å². The molecule has 1 unspecified atom stereocenters. The Hall–Kier alpha value is -1.46. The molecule has 1 rings (SSSR count). The van der Waals surface area contributed by atoms with Crippen molar-refractivity contribution >= 4 is 10.0 Å². The highest BCUT2D eigenvalue weighted by Gasteiger charge is 2.21. The highest BCUT2D eigenvalue weighted by molar-refractivity contribution is 7.89. The van der Waals surface area contributed by atoms with Gasteiger partial charge in [-0.1, -0.05) is 11.8 Å². The number of ether oxygens (including phenoxy) is 1. The summed E-state index contributed by atoms with van der Waals surface area (Å²) < 4.78 is 45.4. The molecular weight excluding hydrogens is 295 g/mol. The second-order valence-electron chi connectivity index (χ2n) is 4.45. The van der Waals surface area contributed by atoms with Gasteiger partial charge in [0, 0.05) is 25.3 Å². The van der Waals surface area contributed by atoms with Crippen molar-refractivity contribution < 1.29 is 17.5 Å². The number of sulfonamides is 1. The fourth-order valence-corrected chi connectivity index (χ4v) is 2.97. The zero-order valence-corrected chi connectivity index (χ0v) is 12.8. The smallest absolute Gasteiger partial charge is 0.243 e. The molecule has 0 aliphatic rings. The molecule has 0 heterocycles. The maximum Gasteiger partial charge on any atom is 0.243 e. The molecule has 0 amide bonds. The summed E-state index contributed by atoms with van der Waals surface area (Å²) in [4.78, 5) is -0.398. The molecule has 0 saturated heterocycles. The monoisotopic (exact) mass is 314 g/mol. The summed E-state index contributed by atoms with van der Waals surface area (Å²) >= 11 is 0. The van der Waals surface area contributed by atoms with Gasteiger partial charge in [-0.15, -0.1) is 0 Å². The van der Waals surface area contributed by atoms with Crippen LogP contribution >= 0.6 is 0 Å². The highest BCUT2D eigenvalue weighted by atomic mass is 32.2. The van der Waals surface area contributed by atoms with E-state index in [4.69, 9.17) is 10.5 Å². The van der Waals surface area contributed by atoms with Gasteiger partial charge in [0.05, 0.1) is 6.54 Å². The zero-order chi connectivity index (χ0) is 15.9. The van der Waals surface area contributed by atoms with E-state index in [1.807, 2.05) is 0 Å². The first-order valence-corrected chi connectivity index (χ1v) is 7.88. The maximum absolute atomic E-state index is 13.9. The van der Waals surface area contributed by atoms with Gasteiger partial charge >= 0.3 is 0 Å². The maximum atomic E-state index is 13.9. The van der Waals surface area contributed by atoms with Gasteiger partial charge in [0.25, 0.3) is 0 Å². The second-order valence-corrected chi connectivity index (χ2v) is 6.14. The second kappa shape index (κ2) is 8.10. The minimum atomic E-state index is -3.91. The zero-order valence-electron chi connectivity index (χ0n) is 12.0. The van der Waals surface area contributed by atoms with Crippen LogP contribution in [0, 0.1) is 17.7 Å². The predicted octanol–water partition coefficient (Wildman–Crippen LogP) is 0.839. The number of methoxy groups -OCH3 is 1. The Morgan fingerprint density at radius 2 is 2.19 bits per heavy atom. The van der Waals surface area contributed by atoms with Crippen molar-refractivity contribution in [1.29, 1.82) is 0 Å². The van der Waals surface area contributed by atoms with E-state index in [9.17, 15) is 12.8 Å². The van der Waals surface area contributed by atoms with Crippen molar-refractivity contribution in [2.45, 2.75) is 24.3 Å². The van der Waals surface area contributed by atoms with Crippen LogP contribution < -0.4 is 10.5 Å². The first kappa shape index (κ1) is 17.6. The molecule has 1 aromatic rings. The number of hydrogen-bond acceptors (Lipinski definition) is 4. The first-order valence-electron chi connectivity index (χ1n) is 6.40. The molecule has 1 atom stereocenters. The molecule has 0 spiro atoms. The fourth-order valence-electron chi connectivity index (χ4n) is 1.63. The molecule has 21 heavy (non-hydrogen) atoms. The molecule has 0 saturated carbocycles. The van der Waals surface area contributed by atoms with Gasteiger partial charge in [-0.25, -0.2) is 17.5 Å². The van der Waals surface area contributed by atoms with Gasteiger partial charge in [-0.2, -0.15) is 0 Å². The van der Waals surface area contributed by atoms with E-state index < -0.39 is 20.7 Å². The summed E-state index contributed by atoms with van der Waals surface area (Å²) in [5, 5.41) is 0. The van der Waals surface area contributed by atoms with Gasteiger partial charge in [0.2, 0.25) is 10.0 Å². The third-order valence-corrected chi connectivity index (χ3v) is 4.29.